The lowest BCUT2D eigenvalue weighted by Gasteiger charge is -2.39. The molecule has 1 rings (SSSR count). The Labute approximate surface area is 71.5 Å². The largest absolute Gasteiger partial charge is 0.464 e. The minimum absolute atomic E-state index is 0.000550. The Kier molecular flexibility index (Phi) is 2.69. The Bertz CT molecular complexity index is 172. The molecule has 0 heterocycles. The van der Waals surface area contributed by atoms with Gasteiger partial charge < -0.3 is 14.6 Å². The maximum atomic E-state index is 11.1. The molecule has 70 valence electrons. The number of carbonyl (C=O) groups is 1. The standard InChI is InChI=1S/C8H14O4/c1-3-12-7(9)8(10)4-6(5-8)11-2/h6,10H,3-5H2,1-2H3. The van der Waals surface area contributed by atoms with Gasteiger partial charge in [-0.15, -0.1) is 0 Å². The van der Waals surface area contributed by atoms with E-state index >= 15 is 0 Å². The predicted molar refractivity (Wildman–Crippen MR) is 41.6 cm³/mol. The van der Waals surface area contributed by atoms with Crippen molar-refractivity contribution in [3.8, 4) is 0 Å². The summed E-state index contributed by atoms with van der Waals surface area (Å²) in [4.78, 5) is 11.1. The van der Waals surface area contributed by atoms with Crippen LogP contribution in [0.3, 0.4) is 0 Å². The van der Waals surface area contributed by atoms with Crippen molar-refractivity contribution < 1.29 is 19.4 Å². The van der Waals surface area contributed by atoms with E-state index < -0.39 is 11.6 Å². The van der Waals surface area contributed by atoms with Crippen molar-refractivity contribution in [3.05, 3.63) is 0 Å². The average Bonchev–Trinajstić information content (AvgIpc) is 1.99. The molecule has 12 heavy (non-hydrogen) atoms. The molecule has 4 nitrogen and oxygen atoms in total. The smallest absolute Gasteiger partial charge is 0.338 e. The first kappa shape index (κ1) is 9.48. The zero-order valence-corrected chi connectivity index (χ0v) is 7.37. The molecule has 1 saturated carbocycles. The summed E-state index contributed by atoms with van der Waals surface area (Å²) < 4.78 is 9.64. The number of esters is 1. The second kappa shape index (κ2) is 3.41. The van der Waals surface area contributed by atoms with E-state index in [0.29, 0.717) is 19.4 Å². The number of rotatable bonds is 3. The van der Waals surface area contributed by atoms with Crippen molar-refractivity contribution in [1.29, 1.82) is 0 Å². The number of ether oxygens (including phenoxy) is 2. The lowest BCUT2D eigenvalue weighted by Crippen LogP contribution is -2.54. The van der Waals surface area contributed by atoms with E-state index in [1.807, 2.05) is 0 Å². The Morgan fingerprint density at radius 2 is 2.25 bits per heavy atom. The first-order chi connectivity index (χ1) is 5.62. The van der Waals surface area contributed by atoms with Crippen molar-refractivity contribution in [2.75, 3.05) is 13.7 Å². The van der Waals surface area contributed by atoms with Crippen molar-refractivity contribution in [1.82, 2.24) is 0 Å². The van der Waals surface area contributed by atoms with E-state index in [9.17, 15) is 9.90 Å². The molecule has 0 spiro atoms. The van der Waals surface area contributed by atoms with Gasteiger partial charge in [-0.3, -0.25) is 0 Å². The van der Waals surface area contributed by atoms with Gasteiger partial charge in [-0.05, 0) is 6.92 Å². The van der Waals surface area contributed by atoms with Gasteiger partial charge in [0.1, 0.15) is 0 Å². The molecule has 1 aliphatic rings. The molecule has 0 radical (unpaired) electrons. The van der Waals surface area contributed by atoms with E-state index in [1.54, 1.807) is 14.0 Å². The summed E-state index contributed by atoms with van der Waals surface area (Å²) >= 11 is 0. The van der Waals surface area contributed by atoms with Gasteiger partial charge in [0.2, 0.25) is 0 Å². The highest BCUT2D eigenvalue weighted by Crippen LogP contribution is 2.35. The van der Waals surface area contributed by atoms with E-state index in [4.69, 9.17) is 9.47 Å². The molecule has 4 heteroatoms. The van der Waals surface area contributed by atoms with Crippen LogP contribution in [0.15, 0.2) is 0 Å². The lowest BCUT2D eigenvalue weighted by atomic mass is 9.77. The first-order valence-electron chi connectivity index (χ1n) is 4.05. The highest BCUT2D eigenvalue weighted by atomic mass is 16.6. The fraction of sp³-hybridized carbons (Fsp3) is 0.875. The van der Waals surface area contributed by atoms with E-state index in [2.05, 4.69) is 0 Å². The summed E-state index contributed by atoms with van der Waals surface area (Å²) in [7, 11) is 1.56. The molecule has 0 aromatic rings. The van der Waals surface area contributed by atoms with Crippen LogP contribution in [0.25, 0.3) is 0 Å². The zero-order chi connectivity index (χ0) is 9.19. The van der Waals surface area contributed by atoms with Crippen molar-refractivity contribution in [2.45, 2.75) is 31.5 Å². The molecule has 0 saturated heterocycles. The Morgan fingerprint density at radius 1 is 1.67 bits per heavy atom. The maximum absolute atomic E-state index is 11.1. The molecule has 0 unspecified atom stereocenters. The van der Waals surface area contributed by atoms with Crippen LogP contribution in [0.2, 0.25) is 0 Å². The molecule has 0 atom stereocenters. The van der Waals surface area contributed by atoms with Crippen LogP contribution in [0.1, 0.15) is 19.8 Å². The quantitative estimate of drug-likeness (QED) is 0.616. The van der Waals surface area contributed by atoms with Gasteiger partial charge in [-0.25, -0.2) is 4.79 Å². The molecule has 0 bridgehead atoms. The molecule has 1 fully saturated rings. The Morgan fingerprint density at radius 3 is 2.67 bits per heavy atom. The normalized spacial score (nSPS) is 34.1. The summed E-state index contributed by atoms with van der Waals surface area (Å²) in [5.41, 5.74) is -1.28. The monoisotopic (exact) mass is 174 g/mol. The molecule has 0 amide bonds. The summed E-state index contributed by atoms with van der Waals surface area (Å²) in [5, 5.41) is 9.56. The summed E-state index contributed by atoms with van der Waals surface area (Å²) in [6.07, 6.45) is 0.699. The molecular weight excluding hydrogens is 160 g/mol. The Hall–Kier alpha value is -0.610. The van der Waals surface area contributed by atoms with Gasteiger partial charge in [0.05, 0.1) is 12.7 Å². The van der Waals surface area contributed by atoms with E-state index in [0.717, 1.165) is 0 Å². The third-order valence-electron chi connectivity index (χ3n) is 2.12. The number of aliphatic hydroxyl groups is 1. The van der Waals surface area contributed by atoms with Crippen molar-refractivity contribution in [2.24, 2.45) is 0 Å². The number of hydrogen-bond acceptors (Lipinski definition) is 4. The summed E-state index contributed by atoms with van der Waals surface area (Å²) in [6.45, 7) is 2.02. The molecule has 0 aromatic heterocycles. The zero-order valence-electron chi connectivity index (χ0n) is 7.37. The number of methoxy groups -OCH3 is 1. The van der Waals surface area contributed by atoms with Crippen LogP contribution in [-0.2, 0) is 14.3 Å². The third kappa shape index (κ3) is 1.59. The van der Waals surface area contributed by atoms with Gasteiger partial charge in [0.25, 0.3) is 0 Å². The SMILES string of the molecule is CCOC(=O)C1(O)CC(OC)C1. The summed E-state index contributed by atoms with van der Waals surface area (Å²) in [5.74, 6) is -0.529. The minimum atomic E-state index is -1.28. The van der Waals surface area contributed by atoms with Crippen molar-refractivity contribution in [3.63, 3.8) is 0 Å². The van der Waals surface area contributed by atoms with Gasteiger partial charge in [0.15, 0.2) is 5.60 Å². The fourth-order valence-electron chi connectivity index (χ4n) is 1.29. The van der Waals surface area contributed by atoms with E-state index in [-0.39, 0.29) is 6.10 Å². The molecule has 0 aromatic carbocycles. The molecular formula is C8H14O4. The second-order valence-corrected chi connectivity index (χ2v) is 3.02. The van der Waals surface area contributed by atoms with E-state index in [1.165, 1.54) is 0 Å². The van der Waals surface area contributed by atoms with Gasteiger partial charge in [-0.2, -0.15) is 0 Å². The highest BCUT2D eigenvalue weighted by molar-refractivity contribution is 5.80. The number of hydrogen-bond donors (Lipinski definition) is 1. The van der Waals surface area contributed by atoms with Gasteiger partial charge in [-0.1, -0.05) is 0 Å². The minimum Gasteiger partial charge on any atom is -0.464 e. The molecule has 1 N–H and O–H groups in total. The highest BCUT2D eigenvalue weighted by Gasteiger charge is 2.50. The molecule has 1 aliphatic carbocycles. The van der Waals surface area contributed by atoms with Crippen LogP contribution in [-0.4, -0.2) is 36.5 Å². The topological polar surface area (TPSA) is 55.8 Å². The fourth-order valence-corrected chi connectivity index (χ4v) is 1.29. The van der Waals surface area contributed by atoms with Crippen LogP contribution >= 0.6 is 0 Å². The van der Waals surface area contributed by atoms with Crippen LogP contribution < -0.4 is 0 Å². The maximum Gasteiger partial charge on any atom is 0.338 e. The predicted octanol–water partition coefficient (Wildman–Crippen LogP) is 0.0894. The second-order valence-electron chi connectivity index (χ2n) is 3.02. The molecule has 0 aliphatic heterocycles. The van der Waals surface area contributed by atoms with Crippen LogP contribution in [0, 0.1) is 0 Å². The van der Waals surface area contributed by atoms with Gasteiger partial charge in [0, 0.05) is 20.0 Å². The average molecular weight is 174 g/mol. The lowest BCUT2D eigenvalue weighted by molar-refractivity contribution is -0.190. The third-order valence-corrected chi connectivity index (χ3v) is 2.12. The summed E-state index contributed by atoms with van der Waals surface area (Å²) in [6, 6.07) is 0. The Balaban J connectivity index is 2.38. The van der Waals surface area contributed by atoms with Gasteiger partial charge >= 0.3 is 5.97 Å². The van der Waals surface area contributed by atoms with Crippen molar-refractivity contribution >= 4 is 5.97 Å². The number of carbonyl (C=O) groups excluding carboxylic acids is 1. The van der Waals surface area contributed by atoms with Crippen LogP contribution in [0.4, 0.5) is 0 Å². The first-order valence-corrected chi connectivity index (χ1v) is 4.05. The van der Waals surface area contributed by atoms with Crippen LogP contribution in [0.5, 0.6) is 0 Å².